The van der Waals surface area contributed by atoms with Gasteiger partial charge in [-0.15, -0.1) is 0 Å². The molecule has 0 saturated heterocycles. The topological polar surface area (TPSA) is 20.2 Å². The third-order valence-electron chi connectivity index (χ3n) is 4.31. The first kappa shape index (κ1) is 11.9. The van der Waals surface area contributed by atoms with Gasteiger partial charge in [0.1, 0.15) is 0 Å². The molecule has 1 heteroatoms. The Hall–Kier alpha value is -0.560. The molecule has 0 spiro atoms. The summed E-state index contributed by atoms with van der Waals surface area (Å²) in [6.07, 6.45) is 9.24. The van der Waals surface area contributed by atoms with E-state index in [1.165, 1.54) is 61.7 Å². The molecule has 1 N–H and O–H groups in total. The number of rotatable bonds is 4. The Labute approximate surface area is 99.3 Å². The highest BCUT2D eigenvalue weighted by Crippen LogP contribution is 2.41. The van der Waals surface area contributed by atoms with Crippen LogP contribution in [-0.2, 0) is 0 Å². The van der Waals surface area contributed by atoms with Crippen LogP contribution in [0, 0.1) is 11.8 Å². The van der Waals surface area contributed by atoms with E-state index < -0.39 is 0 Å². The van der Waals surface area contributed by atoms with Gasteiger partial charge in [0, 0.05) is 0 Å². The van der Waals surface area contributed by atoms with Crippen molar-refractivity contribution in [1.29, 1.82) is 0 Å². The minimum absolute atomic E-state index is 0.192. The third-order valence-corrected chi connectivity index (χ3v) is 4.31. The molecule has 0 aliphatic heterocycles. The molecule has 2 aliphatic rings. The summed E-state index contributed by atoms with van der Waals surface area (Å²) in [5.74, 6) is 1.40. The average Bonchev–Trinajstić information content (AvgIpc) is 3.14. The Bertz CT molecular complexity index is 291. The van der Waals surface area contributed by atoms with Crippen LogP contribution in [0.25, 0.3) is 0 Å². The molecule has 0 bridgehead atoms. The van der Waals surface area contributed by atoms with Crippen molar-refractivity contribution in [2.45, 2.75) is 51.9 Å². The SMILES string of the molecule is C=C(/C(CO)=C(\C)C1CC1)C1CCCCC1. The van der Waals surface area contributed by atoms with E-state index >= 15 is 0 Å². The van der Waals surface area contributed by atoms with Crippen molar-refractivity contribution < 1.29 is 5.11 Å². The Balaban J connectivity index is 2.07. The molecule has 2 aliphatic carbocycles. The van der Waals surface area contributed by atoms with Crippen LogP contribution >= 0.6 is 0 Å². The van der Waals surface area contributed by atoms with Crippen molar-refractivity contribution in [2.75, 3.05) is 6.61 Å². The quantitative estimate of drug-likeness (QED) is 0.714. The number of aliphatic hydroxyl groups excluding tert-OH is 1. The Morgan fingerprint density at radius 1 is 1.06 bits per heavy atom. The van der Waals surface area contributed by atoms with Gasteiger partial charge in [-0.2, -0.15) is 0 Å². The maximum atomic E-state index is 9.56. The van der Waals surface area contributed by atoms with Gasteiger partial charge in [0.05, 0.1) is 6.61 Å². The fraction of sp³-hybridized carbons (Fsp3) is 0.733. The largest absolute Gasteiger partial charge is 0.392 e. The zero-order valence-electron chi connectivity index (χ0n) is 10.5. The van der Waals surface area contributed by atoms with Crippen molar-refractivity contribution in [3.63, 3.8) is 0 Å². The molecule has 0 radical (unpaired) electrons. The minimum atomic E-state index is 0.192. The van der Waals surface area contributed by atoms with Gasteiger partial charge in [-0.3, -0.25) is 0 Å². The Morgan fingerprint density at radius 2 is 1.69 bits per heavy atom. The van der Waals surface area contributed by atoms with Crippen LogP contribution in [0.3, 0.4) is 0 Å². The van der Waals surface area contributed by atoms with Crippen LogP contribution in [0.5, 0.6) is 0 Å². The zero-order valence-corrected chi connectivity index (χ0v) is 10.5. The first-order valence-corrected chi connectivity index (χ1v) is 6.73. The first-order chi connectivity index (χ1) is 7.74. The third kappa shape index (κ3) is 2.57. The van der Waals surface area contributed by atoms with Crippen molar-refractivity contribution in [3.05, 3.63) is 23.3 Å². The van der Waals surface area contributed by atoms with Gasteiger partial charge in [-0.05, 0) is 55.6 Å². The predicted molar refractivity (Wildman–Crippen MR) is 68.2 cm³/mol. The summed E-state index contributed by atoms with van der Waals surface area (Å²) in [4.78, 5) is 0. The van der Waals surface area contributed by atoms with E-state index in [0.717, 1.165) is 5.92 Å². The maximum Gasteiger partial charge on any atom is 0.0683 e. The summed E-state index contributed by atoms with van der Waals surface area (Å²) >= 11 is 0. The van der Waals surface area contributed by atoms with Crippen LogP contribution < -0.4 is 0 Å². The van der Waals surface area contributed by atoms with Gasteiger partial charge in [0.15, 0.2) is 0 Å². The summed E-state index contributed by atoms with van der Waals surface area (Å²) in [6, 6.07) is 0. The predicted octanol–water partition coefficient (Wildman–Crippen LogP) is 3.84. The summed E-state index contributed by atoms with van der Waals surface area (Å²) in [5, 5.41) is 9.56. The highest BCUT2D eigenvalue weighted by atomic mass is 16.3. The normalized spacial score (nSPS) is 24.1. The molecule has 0 aromatic rings. The van der Waals surface area contributed by atoms with Gasteiger partial charge in [0.2, 0.25) is 0 Å². The van der Waals surface area contributed by atoms with Crippen LogP contribution in [0.1, 0.15) is 51.9 Å². The number of hydrogen-bond acceptors (Lipinski definition) is 1. The summed E-state index contributed by atoms with van der Waals surface area (Å²) in [5.41, 5.74) is 3.83. The number of hydrogen-bond donors (Lipinski definition) is 1. The van der Waals surface area contributed by atoms with Crippen molar-refractivity contribution in [1.82, 2.24) is 0 Å². The molecule has 0 aromatic carbocycles. The van der Waals surface area contributed by atoms with E-state index in [4.69, 9.17) is 0 Å². The lowest BCUT2D eigenvalue weighted by molar-refractivity contribution is 0.323. The molecule has 2 saturated carbocycles. The van der Waals surface area contributed by atoms with Crippen LogP contribution in [0.4, 0.5) is 0 Å². The minimum Gasteiger partial charge on any atom is -0.392 e. The van der Waals surface area contributed by atoms with Gasteiger partial charge in [-0.25, -0.2) is 0 Å². The fourth-order valence-corrected chi connectivity index (χ4v) is 2.94. The van der Waals surface area contributed by atoms with Crippen LogP contribution in [0.2, 0.25) is 0 Å². The highest BCUT2D eigenvalue weighted by molar-refractivity contribution is 5.37. The average molecular weight is 220 g/mol. The monoisotopic (exact) mass is 220 g/mol. The molecule has 0 atom stereocenters. The first-order valence-electron chi connectivity index (χ1n) is 6.73. The van der Waals surface area contributed by atoms with Gasteiger partial charge >= 0.3 is 0 Å². The molecule has 0 heterocycles. The standard InChI is InChI=1S/C15H24O/c1-11(13-6-4-3-5-7-13)15(10-16)12(2)14-8-9-14/h13-14,16H,1,3-10H2,2H3/b15-12+. The second kappa shape index (κ2) is 5.18. The van der Waals surface area contributed by atoms with E-state index in [2.05, 4.69) is 13.5 Å². The summed E-state index contributed by atoms with van der Waals surface area (Å²) in [7, 11) is 0. The molecule has 0 amide bonds. The molecule has 2 fully saturated rings. The molecular formula is C15H24O. The zero-order chi connectivity index (χ0) is 11.5. The van der Waals surface area contributed by atoms with Gasteiger partial charge in [0.25, 0.3) is 0 Å². The molecular weight excluding hydrogens is 196 g/mol. The fourth-order valence-electron chi connectivity index (χ4n) is 2.94. The Kier molecular flexibility index (Phi) is 3.86. The van der Waals surface area contributed by atoms with Crippen LogP contribution in [0.15, 0.2) is 23.3 Å². The van der Waals surface area contributed by atoms with Crippen LogP contribution in [-0.4, -0.2) is 11.7 Å². The summed E-state index contributed by atoms with van der Waals surface area (Å²) < 4.78 is 0. The lowest BCUT2D eigenvalue weighted by Gasteiger charge is -2.26. The lowest BCUT2D eigenvalue weighted by atomic mass is 9.80. The van der Waals surface area contributed by atoms with Crippen molar-refractivity contribution in [3.8, 4) is 0 Å². The lowest BCUT2D eigenvalue weighted by Crippen LogP contribution is -2.13. The molecule has 16 heavy (non-hydrogen) atoms. The molecule has 2 rings (SSSR count). The van der Waals surface area contributed by atoms with Crippen molar-refractivity contribution in [2.24, 2.45) is 11.8 Å². The number of allylic oxidation sites excluding steroid dienone is 1. The van der Waals surface area contributed by atoms with Crippen molar-refractivity contribution >= 4 is 0 Å². The molecule has 1 nitrogen and oxygen atoms in total. The molecule has 0 aromatic heterocycles. The second-order valence-electron chi connectivity index (χ2n) is 5.45. The number of aliphatic hydroxyl groups is 1. The Morgan fingerprint density at radius 3 is 2.19 bits per heavy atom. The van der Waals surface area contributed by atoms with Gasteiger partial charge in [-0.1, -0.05) is 31.4 Å². The van der Waals surface area contributed by atoms with E-state index in [-0.39, 0.29) is 6.61 Å². The maximum absolute atomic E-state index is 9.56. The van der Waals surface area contributed by atoms with E-state index in [1.807, 2.05) is 0 Å². The second-order valence-corrected chi connectivity index (χ2v) is 5.45. The van der Waals surface area contributed by atoms with E-state index in [1.54, 1.807) is 0 Å². The van der Waals surface area contributed by atoms with E-state index in [9.17, 15) is 5.11 Å². The molecule has 0 unspecified atom stereocenters. The summed E-state index contributed by atoms with van der Waals surface area (Å²) in [6.45, 7) is 6.65. The van der Waals surface area contributed by atoms with E-state index in [0.29, 0.717) is 5.92 Å². The van der Waals surface area contributed by atoms with Gasteiger partial charge < -0.3 is 5.11 Å². The smallest absolute Gasteiger partial charge is 0.0683 e. The molecule has 90 valence electrons. The highest BCUT2D eigenvalue weighted by Gasteiger charge is 2.27.